The number of nitrogens with zero attached hydrogens (tertiary/aromatic N) is 2. The van der Waals surface area contributed by atoms with Crippen LogP contribution < -0.4 is 10.3 Å². The fraction of sp³-hybridized carbons (Fsp3) is 0.235. The summed E-state index contributed by atoms with van der Waals surface area (Å²) < 4.78 is 0. The number of rotatable bonds is 5. The van der Waals surface area contributed by atoms with Crippen molar-refractivity contribution in [1.29, 1.82) is 0 Å². The molecule has 22 heavy (non-hydrogen) atoms. The molecule has 0 aliphatic heterocycles. The Morgan fingerprint density at radius 3 is 2.50 bits per heavy atom. The van der Waals surface area contributed by atoms with Crippen LogP contribution >= 0.6 is 23.2 Å². The van der Waals surface area contributed by atoms with Crippen molar-refractivity contribution in [2.45, 2.75) is 13.8 Å². The molecule has 0 saturated carbocycles. The Labute approximate surface area is 141 Å². The minimum atomic E-state index is 0.689. The summed E-state index contributed by atoms with van der Waals surface area (Å²) in [6.45, 7) is 4.77. The molecule has 1 N–H and O–H groups in total. The van der Waals surface area contributed by atoms with Crippen LogP contribution in [0.1, 0.15) is 19.4 Å². The second-order valence-electron chi connectivity index (χ2n) is 4.82. The number of anilines is 2. The van der Waals surface area contributed by atoms with Crippen LogP contribution in [0.2, 0.25) is 10.0 Å². The number of halogens is 2. The van der Waals surface area contributed by atoms with Gasteiger partial charge in [0.25, 0.3) is 0 Å². The molecule has 0 heterocycles. The largest absolute Gasteiger partial charge is 0.388 e. The van der Waals surface area contributed by atoms with Crippen molar-refractivity contribution in [2.24, 2.45) is 5.10 Å². The summed E-state index contributed by atoms with van der Waals surface area (Å²) >= 11 is 12.2. The van der Waals surface area contributed by atoms with Crippen LogP contribution in [-0.4, -0.2) is 19.3 Å². The summed E-state index contributed by atoms with van der Waals surface area (Å²) in [5.41, 5.74) is 3.82. The van der Waals surface area contributed by atoms with Gasteiger partial charge >= 0.3 is 0 Å². The molecule has 2 rings (SSSR count). The standard InChI is InChI=1S/C17H19Cl2N3/c1-4-22(15-7-5-6-13(18)10-15)21-12(2)16-11-14(19)8-9-17(16)20-3/h5-11,20H,4H2,1-3H3/b21-12+. The quantitative estimate of drug-likeness (QED) is 0.594. The SMILES string of the molecule is CCN(/N=C(\C)c1cc(Cl)ccc1NC)c1cccc(Cl)c1. The van der Waals surface area contributed by atoms with Crippen molar-refractivity contribution >= 4 is 40.3 Å². The van der Waals surface area contributed by atoms with E-state index < -0.39 is 0 Å². The van der Waals surface area contributed by atoms with Gasteiger partial charge in [0.05, 0.1) is 11.4 Å². The second-order valence-corrected chi connectivity index (χ2v) is 5.69. The molecular formula is C17H19Cl2N3. The molecule has 0 aliphatic carbocycles. The van der Waals surface area contributed by atoms with Gasteiger partial charge in [0.2, 0.25) is 0 Å². The summed E-state index contributed by atoms with van der Waals surface area (Å²) in [6, 6.07) is 13.4. The highest BCUT2D eigenvalue weighted by molar-refractivity contribution is 6.31. The van der Waals surface area contributed by atoms with Crippen molar-refractivity contribution in [1.82, 2.24) is 0 Å². The first kappa shape index (κ1) is 16.7. The van der Waals surface area contributed by atoms with Gasteiger partial charge in [0.15, 0.2) is 0 Å². The monoisotopic (exact) mass is 335 g/mol. The molecular weight excluding hydrogens is 317 g/mol. The lowest BCUT2D eigenvalue weighted by Gasteiger charge is -2.19. The Bertz CT molecular complexity index is 683. The maximum Gasteiger partial charge on any atom is 0.0672 e. The van der Waals surface area contributed by atoms with E-state index in [1.807, 2.05) is 61.4 Å². The lowest BCUT2D eigenvalue weighted by Crippen LogP contribution is -2.18. The average Bonchev–Trinajstić information content (AvgIpc) is 2.52. The fourth-order valence-electron chi connectivity index (χ4n) is 2.22. The highest BCUT2D eigenvalue weighted by Gasteiger charge is 2.09. The topological polar surface area (TPSA) is 27.6 Å². The van der Waals surface area contributed by atoms with E-state index in [0.29, 0.717) is 10.0 Å². The van der Waals surface area contributed by atoms with E-state index in [2.05, 4.69) is 12.2 Å². The van der Waals surface area contributed by atoms with Crippen LogP contribution in [0.3, 0.4) is 0 Å². The van der Waals surface area contributed by atoms with Gasteiger partial charge in [-0.2, -0.15) is 5.10 Å². The Kier molecular flexibility index (Phi) is 5.69. The molecule has 5 heteroatoms. The molecule has 0 radical (unpaired) electrons. The third-order valence-corrected chi connectivity index (χ3v) is 3.79. The van der Waals surface area contributed by atoms with Crippen molar-refractivity contribution in [3.8, 4) is 0 Å². The smallest absolute Gasteiger partial charge is 0.0672 e. The molecule has 2 aromatic rings. The molecule has 0 fully saturated rings. The van der Waals surface area contributed by atoms with Gasteiger partial charge in [-0.25, -0.2) is 0 Å². The lowest BCUT2D eigenvalue weighted by atomic mass is 10.1. The predicted molar refractivity (Wildman–Crippen MR) is 97.7 cm³/mol. The predicted octanol–water partition coefficient (Wildman–Crippen LogP) is 5.29. The van der Waals surface area contributed by atoms with E-state index in [9.17, 15) is 0 Å². The first-order valence-electron chi connectivity index (χ1n) is 7.11. The van der Waals surface area contributed by atoms with Gasteiger partial charge in [-0.15, -0.1) is 0 Å². The number of nitrogens with one attached hydrogen (secondary N) is 1. The molecule has 0 spiro atoms. The summed E-state index contributed by atoms with van der Waals surface area (Å²) in [5.74, 6) is 0. The van der Waals surface area contributed by atoms with Gasteiger partial charge in [0.1, 0.15) is 0 Å². The zero-order chi connectivity index (χ0) is 16.1. The van der Waals surface area contributed by atoms with Gasteiger partial charge in [-0.1, -0.05) is 29.3 Å². The molecule has 0 aliphatic rings. The highest BCUT2D eigenvalue weighted by Crippen LogP contribution is 2.23. The zero-order valence-corrected chi connectivity index (χ0v) is 14.4. The zero-order valence-electron chi connectivity index (χ0n) is 12.9. The number of hydrazone groups is 1. The molecule has 0 aromatic heterocycles. The third-order valence-electron chi connectivity index (χ3n) is 3.32. The minimum absolute atomic E-state index is 0.689. The summed E-state index contributed by atoms with van der Waals surface area (Å²) in [7, 11) is 1.88. The van der Waals surface area contributed by atoms with Crippen molar-refractivity contribution in [2.75, 3.05) is 23.9 Å². The van der Waals surface area contributed by atoms with Crippen LogP contribution in [0.4, 0.5) is 11.4 Å². The van der Waals surface area contributed by atoms with Gasteiger partial charge in [-0.3, -0.25) is 5.01 Å². The molecule has 3 nitrogen and oxygen atoms in total. The summed E-state index contributed by atoms with van der Waals surface area (Å²) in [4.78, 5) is 0. The Hall–Kier alpha value is -1.71. The number of benzene rings is 2. The molecule has 0 amide bonds. The van der Waals surface area contributed by atoms with E-state index >= 15 is 0 Å². The summed E-state index contributed by atoms with van der Waals surface area (Å²) in [6.07, 6.45) is 0. The Morgan fingerprint density at radius 2 is 1.86 bits per heavy atom. The van der Waals surface area contributed by atoms with E-state index in [1.165, 1.54) is 0 Å². The highest BCUT2D eigenvalue weighted by atomic mass is 35.5. The number of hydrogen-bond acceptors (Lipinski definition) is 3. The lowest BCUT2D eigenvalue weighted by molar-refractivity contribution is 0.892. The first-order valence-corrected chi connectivity index (χ1v) is 7.86. The third kappa shape index (κ3) is 3.93. The maximum absolute atomic E-state index is 6.11. The molecule has 0 saturated heterocycles. The van der Waals surface area contributed by atoms with Crippen LogP contribution in [-0.2, 0) is 0 Å². The van der Waals surface area contributed by atoms with Crippen molar-refractivity contribution in [3.63, 3.8) is 0 Å². The van der Waals surface area contributed by atoms with Crippen LogP contribution in [0.5, 0.6) is 0 Å². The van der Waals surface area contributed by atoms with Gasteiger partial charge < -0.3 is 5.32 Å². The van der Waals surface area contributed by atoms with E-state index in [0.717, 1.165) is 29.2 Å². The van der Waals surface area contributed by atoms with Crippen LogP contribution in [0, 0.1) is 0 Å². The van der Waals surface area contributed by atoms with E-state index in [-0.39, 0.29) is 0 Å². The van der Waals surface area contributed by atoms with E-state index in [4.69, 9.17) is 28.3 Å². The van der Waals surface area contributed by atoms with E-state index in [1.54, 1.807) is 0 Å². The molecule has 0 atom stereocenters. The molecule has 0 unspecified atom stereocenters. The van der Waals surface area contributed by atoms with Gasteiger partial charge in [0, 0.05) is 34.9 Å². The van der Waals surface area contributed by atoms with Gasteiger partial charge in [-0.05, 0) is 50.2 Å². The van der Waals surface area contributed by atoms with Crippen molar-refractivity contribution in [3.05, 3.63) is 58.1 Å². The van der Waals surface area contributed by atoms with Crippen molar-refractivity contribution < 1.29 is 0 Å². The summed E-state index contributed by atoms with van der Waals surface area (Å²) in [5, 5.41) is 11.2. The molecule has 2 aromatic carbocycles. The first-order chi connectivity index (χ1) is 10.5. The second kappa shape index (κ2) is 7.52. The Balaban J connectivity index is 2.39. The molecule has 0 bridgehead atoms. The fourth-order valence-corrected chi connectivity index (χ4v) is 2.57. The minimum Gasteiger partial charge on any atom is -0.388 e. The Morgan fingerprint density at radius 1 is 1.14 bits per heavy atom. The normalized spacial score (nSPS) is 11.4. The average molecular weight is 336 g/mol. The maximum atomic E-state index is 6.11. The van der Waals surface area contributed by atoms with Crippen LogP contribution in [0.15, 0.2) is 47.6 Å². The molecule has 116 valence electrons. The number of hydrogen-bond donors (Lipinski definition) is 1. The van der Waals surface area contributed by atoms with Crippen LogP contribution in [0.25, 0.3) is 0 Å².